The zero-order chi connectivity index (χ0) is 18.9. The Labute approximate surface area is 156 Å². The molecule has 0 aromatic rings. The number of carbonyl (C=O) groups is 4. The summed E-state index contributed by atoms with van der Waals surface area (Å²) in [7, 11) is 0. The molecule has 0 aliphatic carbocycles. The van der Waals surface area contributed by atoms with Crippen LogP contribution in [0.4, 0.5) is 0 Å². The molecule has 8 nitrogen and oxygen atoms in total. The molecule has 0 radical (unpaired) electrons. The Balaban J connectivity index is 5.74. The van der Waals surface area contributed by atoms with E-state index < -0.39 is 48.3 Å². The molecule has 0 aromatic heterocycles. The van der Waals surface area contributed by atoms with Gasteiger partial charge < -0.3 is 18.9 Å². The molecule has 0 fully saturated rings. The van der Waals surface area contributed by atoms with Gasteiger partial charge in [0.1, 0.15) is 0 Å². The van der Waals surface area contributed by atoms with Crippen LogP contribution in [-0.2, 0) is 38.1 Å². The van der Waals surface area contributed by atoms with Crippen LogP contribution in [0.15, 0.2) is 0 Å². The quantitative estimate of drug-likeness (QED) is 0.280. The van der Waals surface area contributed by atoms with Gasteiger partial charge in [0.25, 0.3) is 0 Å². The van der Waals surface area contributed by atoms with Gasteiger partial charge in [0.15, 0.2) is 24.4 Å². The van der Waals surface area contributed by atoms with Crippen molar-refractivity contribution in [3.8, 4) is 0 Å². The second-order valence-electron chi connectivity index (χ2n) is 4.75. The van der Waals surface area contributed by atoms with Crippen LogP contribution in [0.1, 0.15) is 27.7 Å². The molecule has 0 saturated heterocycles. The molecule has 0 heterocycles. The summed E-state index contributed by atoms with van der Waals surface area (Å²) in [4.78, 5) is 45.5. The monoisotopic (exact) mass is 474 g/mol. The van der Waals surface area contributed by atoms with E-state index in [4.69, 9.17) is 18.9 Å². The number of rotatable bonds is 9. The third-order valence-electron chi connectivity index (χ3n) is 2.60. The summed E-state index contributed by atoms with van der Waals surface area (Å²) in [5, 5.41) is 0.217. The highest BCUT2D eigenvalue weighted by atomic mass is 79.9. The van der Waals surface area contributed by atoms with Crippen molar-refractivity contribution in [3.05, 3.63) is 0 Å². The van der Waals surface area contributed by atoms with Crippen molar-refractivity contribution < 1.29 is 38.1 Å². The molecule has 0 N–H and O–H groups in total. The van der Waals surface area contributed by atoms with Gasteiger partial charge in [0.2, 0.25) is 0 Å². The average Bonchev–Trinajstić information content (AvgIpc) is 2.45. The predicted octanol–water partition coefficient (Wildman–Crippen LogP) is 1.50. The minimum Gasteiger partial charge on any atom is -0.458 e. The first kappa shape index (κ1) is 22.8. The maximum absolute atomic E-state index is 11.4. The summed E-state index contributed by atoms with van der Waals surface area (Å²) in [6, 6.07) is 0. The summed E-state index contributed by atoms with van der Waals surface area (Å²) in [5.74, 6) is -2.57. The van der Waals surface area contributed by atoms with Crippen molar-refractivity contribution >= 4 is 55.7 Å². The van der Waals surface area contributed by atoms with Crippen LogP contribution < -0.4 is 0 Å². The van der Waals surface area contributed by atoms with Crippen LogP contribution in [-0.4, -0.2) is 59.0 Å². The van der Waals surface area contributed by atoms with Crippen molar-refractivity contribution in [1.29, 1.82) is 0 Å². The number of alkyl halides is 2. The molecule has 0 saturated carbocycles. The molecule has 0 spiro atoms. The molecule has 138 valence electrons. The zero-order valence-corrected chi connectivity index (χ0v) is 16.9. The van der Waals surface area contributed by atoms with Crippen LogP contribution >= 0.6 is 31.9 Å². The molecule has 0 bridgehead atoms. The molecular weight excluding hydrogens is 456 g/mol. The van der Waals surface area contributed by atoms with E-state index in [1.807, 2.05) is 0 Å². The molecule has 4 atom stereocenters. The Kier molecular flexibility index (Phi) is 10.9. The molecule has 0 aliphatic heterocycles. The van der Waals surface area contributed by atoms with Gasteiger partial charge >= 0.3 is 23.9 Å². The molecular formula is C14H20Br2O8. The Morgan fingerprint density at radius 2 is 0.875 bits per heavy atom. The van der Waals surface area contributed by atoms with E-state index in [1.54, 1.807) is 0 Å². The van der Waals surface area contributed by atoms with Crippen molar-refractivity contribution in [2.24, 2.45) is 0 Å². The largest absolute Gasteiger partial charge is 0.458 e. The van der Waals surface area contributed by atoms with Gasteiger partial charge in [-0.05, 0) is 0 Å². The maximum atomic E-state index is 11.4. The normalized spacial score (nSPS) is 15.4. The van der Waals surface area contributed by atoms with Gasteiger partial charge in [0.05, 0.1) is 0 Å². The van der Waals surface area contributed by atoms with Crippen LogP contribution in [0, 0.1) is 0 Å². The van der Waals surface area contributed by atoms with E-state index in [9.17, 15) is 19.2 Å². The number of carbonyl (C=O) groups excluding carboxylic acids is 4. The standard InChI is InChI=1S/C14H20Br2O8/c1-7(17)21-11(5-15)13(23-9(3)19)14(24-10(4)20)12(6-16)22-8(2)18/h11-14H,5-6H2,1-4H3/t11-,12+,13+,14-. The minimum atomic E-state index is -1.17. The number of esters is 4. The molecule has 0 aliphatic rings. The third kappa shape index (κ3) is 8.62. The molecule has 24 heavy (non-hydrogen) atoms. The van der Waals surface area contributed by atoms with Gasteiger partial charge in [-0.2, -0.15) is 0 Å². The SMILES string of the molecule is CC(=O)O[C@H]([C@H](OC(C)=O)[C@H](CBr)OC(C)=O)[C@@H](CBr)OC(C)=O. The van der Waals surface area contributed by atoms with Gasteiger partial charge in [-0.25, -0.2) is 0 Å². The minimum absolute atomic E-state index is 0.109. The topological polar surface area (TPSA) is 105 Å². The first-order valence-electron chi connectivity index (χ1n) is 6.93. The van der Waals surface area contributed by atoms with Crippen LogP contribution in [0.2, 0.25) is 0 Å². The lowest BCUT2D eigenvalue weighted by molar-refractivity contribution is -0.194. The fourth-order valence-corrected chi connectivity index (χ4v) is 2.89. The number of halogens is 2. The average molecular weight is 476 g/mol. The highest BCUT2D eigenvalue weighted by Gasteiger charge is 2.42. The lowest BCUT2D eigenvalue weighted by Crippen LogP contribution is -2.52. The highest BCUT2D eigenvalue weighted by molar-refractivity contribution is 9.09. The van der Waals surface area contributed by atoms with Gasteiger partial charge in [-0.15, -0.1) is 0 Å². The molecule has 0 aromatic carbocycles. The second kappa shape index (κ2) is 11.4. The van der Waals surface area contributed by atoms with E-state index in [0.717, 1.165) is 13.8 Å². The van der Waals surface area contributed by atoms with Gasteiger partial charge in [-0.1, -0.05) is 31.9 Å². The zero-order valence-electron chi connectivity index (χ0n) is 13.7. The lowest BCUT2D eigenvalue weighted by atomic mass is 10.0. The number of ether oxygens (including phenoxy) is 4. The first-order valence-corrected chi connectivity index (χ1v) is 9.17. The Hall–Kier alpha value is -1.16. The maximum Gasteiger partial charge on any atom is 0.303 e. The molecule has 0 amide bonds. The van der Waals surface area contributed by atoms with Crippen LogP contribution in [0.5, 0.6) is 0 Å². The smallest absolute Gasteiger partial charge is 0.303 e. The molecule has 0 unspecified atom stereocenters. The van der Waals surface area contributed by atoms with Gasteiger partial charge in [-0.3, -0.25) is 19.2 Å². The van der Waals surface area contributed by atoms with Crippen molar-refractivity contribution in [2.75, 3.05) is 10.7 Å². The van der Waals surface area contributed by atoms with E-state index >= 15 is 0 Å². The van der Waals surface area contributed by atoms with Crippen molar-refractivity contribution in [3.63, 3.8) is 0 Å². The Morgan fingerprint density at radius 1 is 0.625 bits per heavy atom. The third-order valence-corrected chi connectivity index (χ3v) is 3.88. The van der Waals surface area contributed by atoms with Crippen LogP contribution in [0.25, 0.3) is 0 Å². The predicted molar refractivity (Wildman–Crippen MR) is 89.8 cm³/mol. The summed E-state index contributed by atoms with van der Waals surface area (Å²) < 4.78 is 20.6. The second-order valence-corrected chi connectivity index (χ2v) is 6.05. The number of hydrogen-bond acceptors (Lipinski definition) is 8. The van der Waals surface area contributed by atoms with E-state index in [0.29, 0.717) is 0 Å². The molecule has 0 rings (SSSR count). The van der Waals surface area contributed by atoms with Gasteiger partial charge in [0, 0.05) is 38.4 Å². The number of hydrogen-bond donors (Lipinski definition) is 0. The van der Waals surface area contributed by atoms with E-state index in [2.05, 4.69) is 31.9 Å². The summed E-state index contributed by atoms with van der Waals surface area (Å²) in [5.41, 5.74) is 0. The van der Waals surface area contributed by atoms with E-state index in [-0.39, 0.29) is 10.7 Å². The van der Waals surface area contributed by atoms with Crippen LogP contribution in [0.3, 0.4) is 0 Å². The van der Waals surface area contributed by atoms with E-state index in [1.165, 1.54) is 13.8 Å². The lowest BCUT2D eigenvalue weighted by Gasteiger charge is -2.34. The fraction of sp³-hybridized carbons (Fsp3) is 0.714. The Morgan fingerprint density at radius 3 is 1.04 bits per heavy atom. The first-order chi connectivity index (χ1) is 11.1. The summed E-state index contributed by atoms with van der Waals surface area (Å²) >= 11 is 6.33. The Bertz CT molecular complexity index is 426. The van der Waals surface area contributed by atoms with Crippen molar-refractivity contribution in [2.45, 2.75) is 52.1 Å². The van der Waals surface area contributed by atoms with Crippen molar-refractivity contribution in [1.82, 2.24) is 0 Å². The molecule has 10 heteroatoms. The highest BCUT2D eigenvalue weighted by Crippen LogP contribution is 2.21. The summed E-state index contributed by atoms with van der Waals surface area (Å²) in [6.07, 6.45) is -4.24. The summed E-state index contributed by atoms with van der Waals surface area (Å²) in [6.45, 7) is 4.70. The fourth-order valence-electron chi connectivity index (χ4n) is 1.89.